The van der Waals surface area contributed by atoms with E-state index < -0.39 is 10.0 Å². The van der Waals surface area contributed by atoms with Gasteiger partial charge in [0.25, 0.3) is 5.91 Å². The molecule has 0 aliphatic heterocycles. The molecule has 0 aliphatic rings. The Labute approximate surface area is 155 Å². The first-order chi connectivity index (χ1) is 12.5. The average Bonchev–Trinajstić information content (AvgIpc) is 3.27. The van der Waals surface area contributed by atoms with Crippen molar-refractivity contribution in [2.45, 2.75) is 13.3 Å². The number of thiazole rings is 1. The summed E-state index contributed by atoms with van der Waals surface area (Å²) >= 11 is 1.32. The molecule has 2 N–H and O–H groups in total. The van der Waals surface area contributed by atoms with E-state index in [1.165, 1.54) is 11.3 Å². The first-order valence-corrected chi connectivity index (χ1v) is 10.4. The van der Waals surface area contributed by atoms with Gasteiger partial charge in [-0.15, -0.1) is 11.3 Å². The highest BCUT2D eigenvalue weighted by Gasteiger charge is 2.14. The average molecular weight is 391 g/mol. The normalized spacial score (nSPS) is 11.3. The zero-order chi connectivity index (χ0) is 18.6. The number of carbonyl (C=O) groups is 1. The van der Waals surface area contributed by atoms with Crippen molar-refractivity contribution in [2.24, 2.45) is 0 Å². The van der Waals surface area contributed by atoms with E-state index in [0.717, 1.165) is 0 Å². The zero-order valence-corrected chi connectivity index (χ0v) is 15.6. The number of rotatable bonds is 7. The molecule has 1 amide bonds. The van der Waals surface area contributed by atoms with Crippen molar-refractivity contribution < 1.29 is 17.6 Å². The molecule has 136 valence electrons. The first-order valence-electron chi connectivity index (χ1n) is 7.88. The van der Waals surface area contributed by atoms with Gasteiger partial charge in [0.1, 0.15) is 5.69 Å². The van der Waals surface area contributed by atoms with E-state index in [2.05, 4.69) is 15.0 Å². The Bertz CT molecular complexity index is 977. The van der Waals surface area contributed by atoms with Crippen LogP contribution in [0.3, 0.4) is 0 Å². The molecule has 26 heavy (non-hydrogen) atoms. The largest absolute Gasteiger partial charge is 0.462 e. The van der Waals surface area contributed by atoms with Crippen LogP contribution in [-0.2, 0) is 10.0 Å². The molecule has 0 unspecified atom stereocenters. The fourth-order valence-electron chi connectivity index (χ4n) is 2.21. The highest BCUT2D eigenvalue weighted by Crippen LogP contribution is 2.24. The maximum atomic E-state index is 12.3. The van der Waals surface area contributed by atoms with Crippen molar-refractivity contribution in [3.63, 3.8) is 0 Å². The van der Waals surface area contributed by atoms with Crippen LogP contribution in [0.2, 0.25) is 0 Å². The van der Waals surface area contributed by atoms with Gasteiger partial charge >= 0.3 is 0 Å². The summed E-state index contributed by atoms with van der Waals surface area (Å²) < 4.78 is 31.3. The Hall–Kier alpha value is -2.65. The zero-order valence-electron chi connectivity index (χ0n) is 13.9. The van der Waals surface area contributed by atoms with Crippen LogP contribution in [0, 0.1) is 0 Å². The van der Waals surface area contributed by atoms with E-state index in [4.69, 9.17) is 4.42 Å². The Morgan fingerprint density at radius 3 is 2.58 bits per heavy atom. The van der Waals surface area contributed by atoms with Gasteiger partial charge in [0, 0.05) is 16.8 Å². The van der Waals surface area contributed by atoms with E-state index in [1.54, 1.807) is 55.0 Å². The summed E-state index contributed by atoms with van der Waals surface area (Å²) in [6.45, 7) is 1.80. The molecule has 0 radical (unpaired) electrons. The van der Waals surface area contributed by atoms with Gasteiger partial charge in [-0.05, 0) is 42.8 Å². The van der Waals surface area contributed by atoms with Crippen LogP contribution in [0.15, 0.2) is 52.5 Å². The van der Waals surface area contributed by atoms with Gasteiger partial charge in [0.2, 0.25) is 10.0 Å². The number of sulfonamides is 1. The van der Waals surface area contributed by atoms with Gasteiger partial charge in [-0.1, -0.05) is 6.92 Å². The number of anilines is 2. The lowest BCUT2D eigenvalue weighted by Gasteiger charge is -2.08. The van der Waals surface area contributed by atoms with Crippen molar-refractivity contribution in [3.05, 3.63) is 53.7 Å². The molecule has 7 nitrogen and oxygen atoms in total. The topological polar surface area (TPSA) is 101 Å². The third kappa shape index (κ3) is 4.50. The second-order valence-corrected chi connectivity index (χ2v) is 8.17. The lowest BCUT2D eigenvalue weighted by atomic mass is 10.3. The summed E-state index contributed by atoms with van der Waals surface area (Å²) in [5.41, 5.74) is 1.28. The minimum atomic E-state index is -3.34. The van der Waals surface area contributed by atoms with Crippen LogP contribution < -0.4 is 10.0 Å². The number of benzene rings is 1. The number of amides is 1. The van der Waals surface area contributed by atoms with Gasteiger partial charge in [-0.3, -0.25) is 9.52 Å². The lowest BCUT2D eigenvalue weighted by molar-refractivity contribution is 0.102. The smallest absolute Gasteiger partial charge is 0.275 e. The first kappa shape index (κ1) is 18.2. The van der Waals surface area contributed by atoms with Crippen molar-refractivity contribution in [2.75, 3.05) is 15.8 Å². The molecular weight excluding hydrogens is 374 g/mol. The van der Waals surface area contributed by atoms with Gasteiger partial charge in [0.05, 0.1) is 12.0 Å². The standard InChI is InChI=1S/C17H17N3O4S2/c1-2-10-26(22,23)20-13-7-5-12(6-8-13)18-16(21)14-11-25-17(19-14)15-4-3-9-24-15/h3-9,11,20H,2,10H2,1H3,(H,18,21). The molecule has 9 heteroatoms. The summed E-state index contributed by atoms with van der Waals surface area (Å²) in [5, 5.41) is 5.01. The summed E-state index contributed by atoms with van der Waals surface area (Å²) in [4.78, 5) is 16.5. The lowest BCUT2D eigenvalue weighted by Crippen LogP contribution is -2.16. The molecule has 0 bridgehead atoms. The number of furan rings is 1. The molecule has 0 spiro atoms. The Morgan fingerprint density at radius 2 is 1.92 bits per heavy atom. The van der Waals surface area contributed by atoms with E-state index in [1.807, 2.05) is 0 Å². The number of aromatic nitrogens is 1. The molecule has 0 fully saturated rings. The fraction of sp³-hybridized carbons (Fsp3) is 0.176. The number of hydrogen-bond acceptors (Lipinski definition) is 6. The van der Waals surface area contributed by atoms with Gasteiger partial charge in [0.15, 0.2) is 10.8 Å². The van der Waals surface area contributed by atoms with Gasteiger partial charge < -0.3 is 9.73 Å². The predicted molar refractivity (Wildman–Crippen MR) is 102 cm³/mol. The van der Waals surface area contributed by atoms with Crippen LogP contribution in [0.25, 0.3) is 10.8 Å². The highest BCUT2D eigenvalue weighted by molar-refractivity contribution is 7.92. The molecule has 2 aromatic heterocycles. The number of carbonyl (C=O) groups excluding carboxylic acids is 1. The molecule has 0 atom stereocenters. The minimum Gasteiger partial charge on any atom is -0.462 e. The van der Waals surface area contributed by atoms with Crippen LogP contribution in [0.1, 0.15) is 23.8 Å². The van der Waals surface area contributed by atoms with E-state index in [9.17, 15) is 13.2 Å². The Kier molecular flexibility index (Phi) is 5.38. The van der Waals surface area contributed by atoms with Gasteiger partial charge in [-0.25, -0.2) is 13.4 Å². The monoisotopic (exact) mass is 391 g/mol. The molecule has 1 aromatic carbocycles. The van der Waals surface area contributed by atoms with Crippen LogP contribution in [0.4, 0.5) is 11.4 Å². The second-order valence-electron chi connectivity index (χ2n) is 5.47. The molecule has 0 aliphatic carbocycles. The number of hydrogen-bond donors (Lipinski definition) is 2. The van der Waals surface area contributed by atoms with Crippen molar-refractivity contribution in [3.8, 4) is 10.8 Å². The minimum absolute atomic E-state index is 0.0628. The van der Waals surface area contributed by atoms with E-state index in [-0.39, 0.29) is 17.4 Å². The quantitative estimate of drug-likeness (QED) is 0.638. The number of nitrogens with one attached hydrogen (secondary N) is 2. The SMILES string of the molecule is CCCS(=O)(=O)Nc1ccc(NC(=O)c2csc(-c3ccco3)n2)cc1. The Balaban J connectivity index is 1.65. The summed E-state index contributed by atoms with van der Waals surface area (Å²) in [7, 11) is -3.34. The molecule has 3 rings (SSSR count). The molecule has 2 heterocycles. The summed E-state index contributed by atoms with van der Waals surface area (Å²) in [6.07, 6.45) is 2.09. The van der Waals surface area contributed by atoms with Crippen molar-refractivity contribution in [1.29, 1.82) is 0 Å². The van der Waals surface area contributed by atoms with Crippen molar-refractivity contribution in [1.82, 2.24) is 4.98 Å². The summed E-state index contributed by atoms with van der Waals surface area (Å²) in [5.74, 6) is 0.323. The fourth-order valence-corrected chi connectivity index (χ4v) is 4.11. The predicted octanol–water partition coefficient (Wildman–Crippen LogP) is 3.81. The molecule has 0 saturated heterocycles. The van der Waals surface area contributed by atoms with Crippen LogP contribution in [-0.4, -0.2) is 25.1 Å². The van der Waals surface area contributed by atoms with E-state index >= 15 is 0 Å². The van der Waals surface area contributed by atoms with Crippen LogP contribution >= 0.6 is 11.3 Å². The van der Waals surface area contributed by atoms with Gasteiger partial charge in [-0.2, -0.15) is 0 Å². The molecular formula is C17H17N3O4S2. The second kappa shape index (κ2) is 7.71. The molecule has 0 saturated carbocycles. The van der Waals surface area contributed by atoms with Crippen LogP contribution in [0.5, 0.6) is 0 Å². The van der Waals surface area contributed by atoms with E-state index in [0.29, 0.717) is 28.6 Å². The summed E-state index contributed by atoms with van der Waals surface area (Å²) in [6, 6.07) is 9.98. The Morgan fingerprint density at radius 1 is 1.19 bits per heavy atom. The third-order valence-electron chi connectivity index (χ3n) is 3.36. The maximum Gasteiger partial charge on any atom is 0.275 e. The molecule has 3 aromatic rings. The third-order valence-corrected chi connectivity index (χ3v) is 5.71. The number of nitrogens with zero attached hydrogens (tertiary/aromatic N) is 1. The highest BCUT2D eigenvalue weighted by atomic mass is 32.2. The maximum absolute atomic E-state index is 12.3. The van der Waals surface area contributed by atoms with Crippen molar-refractivity contribution >= 4 is 38.6 Å².